The molecule has 2 aromatic carbocycles. The molecule has 0 saturated heterocycles. The minimum atomic E-state index is -0.204. The third-order valence-corrected chi connectivity index (χ3v) is 4.87. The van der Waals surface area contributed by atoms with E-state index < -0.39 is 0 Å². The highest BCUT2D eigenvalue weighted by atomic mass is 16.5. The van der Waals surface area contributed by atoms with Crippen LogP contribution in [0.5, 0.6) is 5.75 Å². The van der Waals surface area contributed by atoms with Crippen LogP contribution in [0, 0.1) is 0 Å². The van der Waals surface area contributed by atoms with Crippen molar-refractivity contribution in [3.8, 4) is 5.75 Å². The zero-order valence-electron chi connectivity index (χ0n) is 18.2. The summed E-state index contributed by atoms with van der Waals surface area (Å²) in [6, 6.07) is 22.0. The normalized spacial score (nSPS) is 10.9. The summed E-state index contributed by atoms with van der Waals surface area (Å²) in [4.78, 5) is 14.6. The van der Waals surface area contributed by atoms with Crippen LogP contribution in [0.1, 0.15) is 33.9 Å². The second kappa shape index (κ2) is 11.9. The van der Waals surface area contributed by atoms with Crippen molar-refractivity contribution in [3.63, 3.8) is 0 Å². The zero-order chi connectivity index (χ0) is 21.9. The largest absolute Gasteiger partial charge is 0.497 e. The van der Waals surface area contributed by atoms with Crippen LogP contribution in [0.4, 0.5) is 0 Å². The first-order valence-corrected chi connectivity index (χ1v) is 10.4. The molecule has 1 heterocycles. The second-order valence-corrected chi connectivity index (χ2v) is 7.35. The van der Waals surface area contributed by atoms with E-state index in [0.29, 0.717) is 25.5 Å². The number of amides is 1. The highest BCUT2D eigenvalue weighted by Crippen LogP contribution is 2.19. The summed E-state index contributed by atoms with van der Waals surface area (Å²) in [6.07, 6.45) is 0.765. The van der Waals surface area contributed by atoms with Gasteiger partial charge in [-0.2, -0.15) is 0 Å². The molecule has 31 heavy (non-hydrogen) atoms. The van der Waals surface area contributed by atoms with E-state index >= 15 is 0 Å². The zero-order valence-corrected chi connectivity index (χ0v) is 18.2. The number of nitrogens with one attached hydrogen (secondary N) is 1. The van der Waals surface area contributed by atoms with Gasteiger partial charge in [-0.05, 0) is 41.8 Å². The Morgan fingerprint density at radius 3 is 2.48 bits per heavy atom. The number of benzene rings is 2. The van der Waals surface area contributed by atoms with Crippen molar-refractivity contribution in [1.82, 2.24) is 10.2 Å². The number of ether oxygens (including phenoxy) is 2. The summed E-state index contributed by atoms with van der Waals surface area (Å²) in [5.74, 6) is 1.71. The average molecular weight is 423 g/mol. The van der Waals surface area contributed by atoms with Crippen molar-refractivity contribution in [3.05, 3.63) is 89.4 Å². The molecule has 1 N–H and O–H groups in total. The van der Waals surface area contributed by atoms with Gasteiger partial charge in [0.15, 0.2) is 5.76 Å². The van der Waals surface area contributed by atoms with Crippen molar-refractivity contribution >= 4 is 5.91 Å². The van der Waals surface area contributed by atoms with Crippen molar-refractivity contribution < 1.29 is 18.7 Å². The van der Waals surface area contributed by atoms with Crippen LogP contribution in [0.2, 0.25) is 0 Å². The Hall–Kier alpha value is -3.09. The summed E-state index contributed by atoms with van der Waals surface area (Å²) < 4.78 is 16.2. The Bertz CT molecular complexity index is 939. The molecule has 0 atom stereocenters. The van der Waals surface area contributed by atoms with Gasteiger partial charge >= 0.3 is 0 Å². The number of hydrogen-bond acceptors (Lipinski definition) is 5. The fourth-order valence-corrected chi connectivity index (χ4v) is 3.35. The summed E-state index contributed by atoms with van der Waals surface area (Å²) in [5, 5.41) is 2.85. The summed E-state index contributed by atoms with van der Waals surface area (Å²) in [7, 11) is 3.32. The third-order valence-electron chi connectivity index (χ3n) is 4.87. The Kier molecular flexibility index (Phi) is 8.70. The molecule has 6 nitrogen and oxygen atoms in total. The lowest BCUT2D eigenvalue weighted by Crippen LogP contribution is -2.25. The van der Waals surface area contributed by atoms with Crippen LogP contribution in [-0.2, 0) is 24.4 Å². The molecule has 0 fully saturated rings. The van der Waals surface area contributed by atoms with Gasteiger partial charge in [-0.1, -0.05) is 42.5 Å². The van der Waals surface area contributed by atoms with Crippen LogP contribution >= 0.6 is 0 Å². The second-order valence-electron chi connectivity index (χ2n) is 7.35. The predicted molar refractivity (Wildman–Crippen MR) is 120 cm³/mol. The molecule has 0 bridgehead atoms. The minimum absolute atomic E-state index is 0.204. The van der Waals surface area contributed by atoms with Gasteiger partial charge in [0.1, 0.15) is 11.5 Å². The molecule has 3 rings (SSSR count). The number of hydrogen-bond donors (Lipinski definition) is 1. The van der Waals surface area contributed by atoms with Gasteiger partial charge in [0, 0.05) is 33.4 Å². The maximum Gasteiger partial charge on any atom is 0.286 e. The number of nitrogens with zero attached hydrogens (tertiary/aromatic N) is 1. The van der Waals surface area contributed by atoms with Crippen LogP contribution in [0.25, 0.3) is 0 Å². The molecule has 164 valence electrons. The Labute approximate surface area is 183 Å². The molecule has 0 radical (unpaired) electrons. The number of carbonyl (C=O) groups is 1. The Balaban J connectivity index is 1.68. The van der Waals surface area contributed by atoms with E-state index in [4.69, 9.17) is 13.9 Å². The van der Waals surface area contributed by atoms with Crippen molar-refractivity contribution in [2.75, 3.05) is 27.4 Å². The molecular weight excluding hydrogens is 392 g/mol. The molecular formula is C25H30N2O4. The molecule has 6 heteroatoms. The monoisotopic (exact) mass is 422 g/mol. The standard InChI is InChI=1S/C25H30N2O4/c1-29-15-7-14-26-25(28)24-13-12-23(31-24)19-27(17-20-8-4-3-5-9-20)18-21-10-6-11-22(16-21)30-2/h3-6,8-13,16H,7,14-15,17-19H2,1-2H3,(H,26,28). The van der Waals surface area contributed by atoms with E-state index in [9.17, 15) is 4.79 Å². The van der Waals surface area contributed by atoms with E-state index in [-0.39, 0.29) is 5.91 Å². The molecule has 0 aliphatic heterocycles. The fourth-order valence-electron chi connectivity index (χ4n) is 3.35. The van der Waals surface area contributed by atoms with E-state index in [1.807, 2.05) is 42.5 Å². The summed E-state index contributed by atoms with van der Waals surface area (Å²) >= 11 is 0. The van der Waals surface area contributed by atoms with E-state index in [1.165, 1.54) is 5.56 Å². The van der Waals surface area contributed by atoms with E-state index in [0.717, 1.165) is 36.6 Å². The predicted octanol–water partition coefficient (Wildman–Crippen LogP) is 4.26. The van der Waals surface area contributed by atoms with Crippen LogP contribution < -0.4 is 10.1 Å². The van der Waals surface area contributed by atoms with Crippen molar-refractivity contribution in [1.29, 1.82) is 0 Å². The van der Waals surface area contributed by atoms with E-state index in [2.05, 4.69) is 28.4 Å². The SMILES string of the molecule is COCCCNC(=O)c1ccc(CN(Cc2ccccc2)Cc2cccc(OC)c2)o1. The Morgan fingerprint density at radius 1 is 0.935 bits per heavy atom. The Morgan fingerprint density at radius 2 is 1.71 bits per heavy atom. The number of carbonyl (C=O) groups excluding carboxylic acids is 1. The molecule has 0 aliphatic carbocycles. The molecule has 0 aliphatic rings. The first kappa shape index (κ1) is 22.6. The van der Waals surface area contributed by atoms with Gasteiger partial charge in [-0.15, -0.1) is 0 Å². The quantitative estimate of drug-likeness (QED) is 0.442. The fraction of sp³-hybridized carbons (Fsp3) is 0.320. The van der Waals surface area contributed by atoms with Crippen LogP contribution in [0.3, 0.4) is 0 Å². The average Bonchev–Trinajstić information content (AvgIpc) is 3.26. The minimum Gasteiger partial charge on any atom is -0.497 e. The molecule has 3 aromatic rings. The molecule has 0 saturated carbocycles. The highest BCUT2D eigenvalue weighted by molar-refractivity contribution is 5.91. The van der Waals surface area contributed by atoms with E-state index in [1.54, 1.807) is 20.3 Å². The highest BCUT2D eigenvalue weighted by Gasteiger charge is 2.15. The van der Waals surface area contributed by atoms with Gasteiger partial charge in [0.05, 0.1) is 13.7 Å². The lowest BCUT2D eigenvalue weighted by Gasteiger charge is -2.22. The number of rotatable bonds is 12. The van der Waals surface area contributed by atoms with Crippen LogP contribution in [0.15, 0.2) is 71.1 Å². The maximum atomic E-state index is 12.3. The first-order valence-electron chi connectivity index (χ1n) is 10.4. The topological polar surface area (TPSA) is 63.9 Å². The van der Waals surface area contributed by atoms with Gasteiger partial charge in [0.2, 0.25) is 0 Å². The smallest absolute Gasteiger partial charge is 0.286 e. The van der Waals surface area contributed by atoms with Crippen molar-refractivity contribution in [2.45, 2.75) is 26.1 Å². The van der Waals surface area contributed by atoms with Gasteiger partial charge in [0.25, 0.3) is 5.91 Å². The van der Waals surface area contributed by atoms with Gasteiger partial charge in [-0.3, -0.25) is 9.69 Å². The van der Waals surface area contributed by atoms with Gasteiger partial charge in [-0.25, -0.2) is 0 Å². The number of furan rings is 1. The van der Waals surface area contributed by atoms with Crippen LogP contribution in [-0.4, -0.2) is 38.2 Å². The third kappa shape index (κ3) is 7.27. The van der Waals surface area contributed by atoms with Gasteiger partial charge < -0.3 is 19.2 Å². The number of methoxy groups -OCH3 is 2. The lowest BCUT2D eigenvalue weighted by atomic mass is 10.1. The lowest BCUT2D eigenvalue weighted by molar-refractivity contribution is 0.0916. The first-order chi connectivity index (χ1) is 15.2. The molecule has 1 aromatic heterocycles. The summed E-state index contributed by atoms with van der Waals surface area (Å²) in [6.45, 7) is 3.24. The van der Waals surface area contributed by atoms with Crippen molar-refractivity contribution in [2.24, 2.45) is 0 Å². The maximum absolute atomic E-state index is 12.3. The molecule has 0 unspecified atom stereocenters. The molecule has 1 amide bonds. The summed E-state index contributed by atoms with van der Waals surface area (Å²) in [5.41, 5.74) is 2.37. The molecule has 0 spiro atoms.